The van der Waals surface area contributed by atoms with Crippen molar-refractivity contribution in [3.63, 3.8) is 0 Å². The van der Waals surface area contributed by atoms with Crippen LogP contribution in [0.15, 0.2) is 6.20 Å². The standard InChI is InChI=1S/C9H15N3O2/c1-2-3-4-5-12-8(6-9(13)14)7-10-11-12/h7H,2-6H2,1H3,(H,13,14). The van der Waals surface area contributed by atoms with E-state index in [0.29, 0.717) is 5.69 Å². The third kappa shape index (κ3) is 3.16. The van der Waals surface area contributed by atoms with E-state index in [1.54, 1.807) is 4.68 Å². The van der Waals surface area contributed by atoms with Gasteiger partial charge < -0.3 is 5.11 Å². The second-order valence-corrected chi connectivity index (χ2v) is 3.23. The van der Waals surface area contributed by atoms with Gasteiger partial charge in [-0.05, 0) is 6.42 Å². The second-order valence-electron chi connectivity index (χ2n) is 3.23. The molecule has 0 saturated heterocycles. The highest BCUT2D eigenvalue weighted by atomic mass is 16.4. The van der Waals surface area contributed by atoms with Gasteiger partial charge in [0.2, 0.25) is 0 Å². The molecule has 1 aromatic heterocycles. The maximum Gasteiger partial charge on any atom is 0.309 e. The highest BCUT2D eigenvalue weighted by Crippen LogP contribution is 2.02. The number of hydrogen-bond donors (Lipinski definition) is 1. The van der Waals surface area contributed by atoms with Gasteiger partial charge in [-0.1, -0.05) is 25.0 Å². The van der Waals surface area contributed by atoms with Crippen LogP contribution in [0.4, 0.5) is 0 Å². The fourth-order valence-corrected chi connectivity index (χ4v) is 1.27. The van der Waals surface area contributed by atoms with E-state index in [1.165, 1.54) is 6.20 Å². The van der Waals surface area contributed by atoms with Crippen LogP contribution in [0.25, 0.3) is 0 Å². The third-order valence-corrected chi connectivity index (χ3v) is 2.00. The summed E-state index contributed by atoms with van der Waals surface area (Å²) in [5.74, 6) is -0.843. The maximum atomic E-state index is 10.5. The van der Waals surface area contributed by atoms with Crippen LogP contribution in [0.1, 0.15) is 31.9 Å². The van der Waals surface area contributed by atoms with Gasteiger partial charge in [0.1, 0.15) is 0 Å². The first-order chi connectivity index (χ1) is 6.74. The first kappa shape index (κ1) is 10.7. The molecule has 0 spiro atoms. The van der Waals surface area contributed by atoms with Gasteiger partial charge in [-0.2, -0.15) is 0 Å². The van der Waals surface area contributed by atoms with Gasteiger partial charge in [-0.25, -0.2) is 4.68 Å². The minimum absolute atomic E-state index is 0.000868. The van der Waals surface area contributed by atoms with Crippen molar-refractivity contribution >= 4 is 5.97 Å². The van der Waals surface area contributed by atoms with Gasteiger partial charge in [0, 0.05) is 6.54 Å². The molecule has 0 aliphatic carbocycles. The SMILES string of the molecule is CCCCCn1nncc1CC(=O)O. The number of hydrogen-bond acceptors (Lipinski definition) is 3. The van der Waals surface area contributed by atoms with Crippen LogP contribution >= 0.6 is 0 Å². The van der Waals surface area contributed by atoms with Crippen LogP contribution in [-0.4, -0.2) is 26.1 Å². The van der Waals surface area contributed by atoms with Crippen LogP contribution in [0.5, 0.6) is 0 Å². The maximum absolute atomic E-state index is 10.5. The second kappa shape index (κ2) is 5.36. The fourth-order valence-electron chi connectivity index (χ4n) is 1.27. The predicted octanol–water partition coefficient (Wildman–Crippen LogP) is 1.10. The van der Waals surface area contributed by atoms with E-state index in [1.807, 2.05) is 0 Å². The summed E-state index contributed by atoms with van der Waals surface area (Å²) >= 11 is 0. The molecule has 1 rings (SSSR count). The lowest BCUT2D eigenvalue weighted by atomic mass is 10.2. The van der Waals surface area contributed by atoms with E-state index in [-0.39, 0.29) is 6.42 Å². The molecule has 1 N–H and O–H groups in total. The molecular weight excluding hydrogens is 182 g/mol. The molecule has 0 aliphatic heterocycles. The molecule has 0 atom stereocenters. The van der Waals surface area contributed by atoms with Crippen LogP contribution in [-0.2, 0) is 17.8 Å². The van der Waals surface area contributed by atoms with Crippen molar-refractivity contribution in [2.45, 2.75) is 39.2 Å². The summed E-state index contributed by atoms with van der Waals surface area (Å²) in [5.41, 5.74) is 0.675. The molecule has 0 radical (unpaired) electrons. The third-order valence-electron chi connectivity index (χ3n) is 2.00. The zero-order chi connectivity index (χ0) is 10.4. The Labute approximate surface area is 82.7 Å². The summed E-state index contributed by atoms with van der Waals surface area (Å²) in [6, 6.07) is 0. The van der Waals surface area contributed by atoms with E-state index in [4.69, 9.17) is 5.11 Å². The van der Waals surface area contributed by atoms with Crippen molar-refractivity contribution in [1.29, 1.82) is 0 Å². The Morgan fingerprint density at radius 1 is 1.57 bits per heavy atom. The molecule has 1 aromatic rings. The summed E-state index contributed by atoms with van der Waals surface area (Å²) in [7, 11) is 0. The molecule has 0 fully saturated rings. The zero-order valence-corrected chi connectivity index (χ0v) is 8.31. The van der Waals surface area contributed by atoms with Gasteiger partial charge in [-0.3, -0.25) is 4.79 Å². The smallest absolute Gasteiger partial charge is 0.309 e. The monoisotopic (exact) mass is 197 g/mol. The summed E-state index contributed by atoms with van der Waals surface area (Å²) in [6.07, 6.45) is 4.81. The van der Waals surface area contributed by atoms with E-state index >= 15 is 0 Å². The molecule has 1 heterocycles. The zero-order valence-electron chi connectivity index (χ0n) is 8.31. The topological polar surface area (TPSA) is 68.0 Å². The normalized spacial score (nSPS) is 10.4. The van der Waals surface area contributed by atoms with Gasteiger partial charge in [0.25, 0.3) is 0 Å². The van der Waals surface area contributed by atoms with Crippen molar-refractivity contribution in [3.8, 4) is 0 Å². The average molecular weight is 197 g/mol. The number of rotatable bonds is 6. The first-order valence-electron chi connectivity index (χ1n) is 4.83. The van der Waals surface area contributed by atoms with Crippen molar-refractivity contribution in [1.82, 2.24) is 15.0 Å². The minimum Gasteiger partial charge on any atom is -0.481 e. The van der Waals surface area contributed by atoms with Crippen LogP contribution in [0, 0.1) is 0 Å². The summed E-state index contributed by atoms with van der Waals surface area (Å²) in [5, 5.41) is 16.2. The Morgan fingerprint density at radius 2 is 2.36 bits per heavy atom. The van der Waals surface area contributed by atoms with Gasteiger partial charge in [0.15, 0.2) is 0 Å². The Balaban J connectivity index is 2.49. The number of carbonyl (C=O) groups is 1. The fraction of sp³-hybridized carbons (Fsp3) is 0.667. The Kier molecular flexibility index (Phi) is 4.10. The lowest BCUT2D eigenvalue weighted by Crippen LogP contribution is -2.09. The number of carboxylic acids is 1. The molecule has 78 valence electrons. The molecule has 0 unspecified atom stereocenters. The van der Waals surface area contributed by atoms with Crippen LogP contribution in [0.2, 0.25) is 0 Å². The van der Waals surface area contributed by atoms with E-state index in [2.05, 4.69) is 17.2 Å². The van der Waals surface area contributed by atoms with Crippen LogP contribution in [0.3, 0.4) is 0 Å². The summed E-state index contributed by atoms with van der Waals surface area (Å²) in [4.78, 5) is 10.5. The summed E-state index contributed by atoms with van der Waals surface area (Å²) < 4.78 is 1.67. The Bertz CT molecular complexity index is 296. The average Bonchev–Trinajstić information content (AvgIpc) is 2.52. The lowest BCUT2D eigenvalue weighted by Gasteiger charge is -2.02. The van der Waals surface area contributed by atoms with E-state index < -0.39 is 5.97 Å². The predicted molar refractivity (Wildman–Crippen MR) is 50.9 cm³/mol. The summed E-state index contributed by atoms with van der Waals surface area (Å²) in [6.45, 7) is 2.88. The number of carboxylic acid groups (broad SMARTS) is 1. The van der Waals surface area contributed by atoms with E-state index in [0.717, 1.165) is 25.8 Å². The molecule has 0 amide bonds. The highest BCUT2D eigenvalue weighted by molar-refractivity contribution is 5.69. The van der Waals surface area contributed by atoms with Crippen molar-refractivity contribution in [2.24, 2.45) is 0 Å². The quantitative estimate of drug-likeness (QED) is 0.693. The van der Waals surface area contributed by atoms with Crippen molar-refractivity contribution in [3.05, 3.63) is 11.9 Å². The van der Waals surface area contributed by atoms with Gasteiger partial charge >= 0.3 is 5.97 Å². The highest BCUT2D eigenvalue weighted by Gasteiger charge is 2.07. The molecule has 5 nitrogen and oxygen atoms in total. The van der Waals surface area contributed by atoms with Crippen LogP contribution < -0.4 is 0 Å². The van der Waals surface area contributed by atoms with Gasteiger partial charge in [0.05, 0.1) is 18.3 Å². The molecule has 0 aliphatic rings. The molecule has 0 bridgehead atoms. The minimum atomic E-state index is -0.843. The van der Waals surface area contributed by atoms with Crippen molar-refractivity contribution < 1.29 is 9.90 Å². The largest absolute Gasteiger partial charge is 0.481 e. The lowest BCUT2D eigenvalue weighted by molar-refractivity contribution is -0.136. The number of unbranched alkanes of at least 4 members (excludes halogenated alkanes) is 2. The van der Waals surface area contributed by atoms with Gasteiger partial charge in [-0.15, -0.1) is 5.10 Å². The molecule has 0 aromatic carbocycles. The molecular formula is C9H15N3O2. The number of aromatic nitrogens is 3. The number of aliphatic carboxylic acids is 1. The number of aryl methyl sites for hydroxylation is 1. The molecule has 14 heavy (non-hydrogen) atoms. The van der Waals surface area contributed by atoms with Crippen molar-refractivity contribution in [2.75, 3.05) is 0 Å². The molecule has 0 saturated carbocycles. The Morgan fingerprint density at radius 3 is 3.00 bits per heavy atom. The molecule has 5 heteroatoms. The Hall–Kier alpha value is -1.39. The van der Waals surface area contributed by atoms with E-state index in [9.17, 15) is 4.79 Å². The number of nitrogens with zero attached hydrogens (tertiary/aromatic N) is 3. The first-order valence-corrected chi connectivity index (χ1v) is 4.83.